The van der Waals surface area contributed by atoms with E-state index in [9.17, 15) is 0 Å². The normalized spacial score (nSPS) is 36.6. The molecule has 1 saturated carbocycles. The Bertz CT molecular complexity index is 327. The predicted octanol–water partition coefficient (Wildman–Crippen LogP) is 1.99. The van der Waals surface area contributed by atoms with Crippen molar-refractivity contribution in [1.29, 1.82) is 0 Å². The van der Waals surface area contributed by atoms with Gasteiger partial charge in [-0.25, -0.2) is 0 Å². The highest BCUT2D eigenvalue weighted by molar-refractivity contribution is 5.08. The number of likely N-dealkylation sites (tertiary alicyclic amines) is 1. The lowest BCUT2D eigenvalue weighted by molar-refractivity contribution is 0.0946. The zero-order valence-electron chi connectivity index (χ0n) is 14.1. The van der Waals surface area contributed by atoms with Gasteiger partial charge in [0.25, 0.3) is 0 Å². The molecule has 0 spiro atoms. The molecular weight excluding hydrogens is 246 g/mol. The lowest BCUT2D eigenvalue weighted by Crippen LogP contribution is -2.49. The monoisotopic (exact) mass is 279 g/mol. The van der Waals surface area contributed by atoms with Crippen molar-refractivity contribution < 1.29 is 0 Å². The minimum absolute atomic E-state index is 0.376. The number of hydrogen-bond donors (Lipinski definition) is 0. The summed E-state index contributed by atoms with van der Waals surface area (Å²) in [4.78, 5) is 8.03. The standard InChI is InChI=1S/C17H33N3/c1-13(2)19-8-6-18(7-9-19)10-14-15-11-20(12-16(14)15)17(3,4)5/h13-16H,6-12H2,1-5H3/t14-,15-,16+. The van der Waals surface area contributed by atoms with Crippen molar-refractivity contribution >= 4 is 0 Å². The van der Waals surface area contributed by atoms with Gasteiger partial charge in [0.15, 0.2) is 0 Å². The van der Waals surface area contributed by atoms with E-state index in [0.29, 0.717) is 5.54 Å². The fourth-order valence-corrected chi connectivity index (χ4v) is 4.23. The van der Waals surface area contributed by atoms with Crippen LogP contribution in [0.25, 0.3) is 0 Å². The van der Waals surface area contributed by atoms with Crippen LogP contribution in [0.1, 0.15) is 34.6 Å². The van der Waals surface area contributed by atoms with Gasteiger partial charge >= 0.3 is 0 Å². The van der Waals surface area contributed by atoms with E-state index in [-0.39, 0.29) is 0 Å². The number of piperazine rings is 1. The lowest BCUT2D eigenvalue weighted by atomic mass is 10.1. The number of hydrogen-bond acceptors (Lipinski definition) is 3. The number of nitrogens with zero attached hydrogens (tertiary/aromatic N) is 3. The fourth-order valence-electron chi connectivity index (χ4n) is 4.23. The van der Waals surface area contributed by atoms with Crippen LogP contribution in [-0.4, -0.2) is 72.1 Å². The molecule has 0 aromatic heterocycles. The van der Waals surface area contributed by atoms with Gasteiger partial charge in [0.2, 0.25) is 0 Å². The first kappa shape index (κ1) is 14.8. The van der Waals surface area contributed by atoms with Crippen molar-refractivity contribution in [3.8, 4) is 0 Å². The van der Waals surface area contributed by atoms with E-state index in [1.54, 1.807) is 0 Å². The van der Waals surface area contributed by atoms with Gasteiger partial charge in [0.05, 0.1) is 0 Å². The Labute approximate surface area is 125 Å². The topological polar surface area (TPSA) is 9.72 Å². The first-order valence-electron chi connectivity index (χ1n) is 8.57. The van der Waals surface area contributed by atoms with Crippen LogP contribution in [0.2, 0.25) is 0 Å². The summed E-state index contributed by atoms with van der Waals surface area (Å²) in [6, 6.07) is 0.720. The van der Waals surface area contributed by atoms with E-state index in [4.69, 9.17) is 0 Å². The van der Waals surface area contributed by atoms with E-state index in [1.165, 1.54) is 45.8 Å². The Morgan fingerprint density at radius 1 is 0.950 bits per heavy atom. The molecule has 3 atom stereocenters. The van der Waals surface area contributed by atoms with Crippen LogP contribution in [-0.2, 0) is 0 Å². The Balaban J connectivity index is 1.41. The molecule has 3 aliphatic rings. The van der Waals surface area contributed by atoms with Crippen LogP contribution in [0.5, 0.6) is 0 Å². The second kappa shape index (κ2) is 5.26. The molecular formula is C17H33N3. The first-order valence-corrected chi connectivity index (χ1v) is 8.57. The van der Waals surface area contributed by atoms with Crippen LogP contribution in [0.3, 0.4) is 0 Å². The number of rotatable bonds is 3. The molecule has 2 heterocycles. The van der Waals surface area contributed by atoms with Crippen LogP contribution in [0, 0.1) is 17.8 Å². The molecule has 1 aliphatic carbocycles. The van der Waals surface area contributed by atoms with Crippen LogP contribution in [0.15, 0.2) is 0 Å². The molecule has 3 rings (SSSR count). The average molecular weight is 279 g/mol. The van der Waals surface area contributed by atoms with Crippen LogP contribution in [0.4, 0.5) is 0 Å². The minimum Gasteiger partial charge on any atom is -0.300 e. The molecule has 3 nitrogen and oxygen atoms in total. The van der Waals surface area contributed by atoms with Crippen molar-refractivity contribution in [2.75, 3.05) is 45.8 Å². The zero-order valence-corrected chi connectivity index (χ0v) is 14.1. The third kappa shape index (κ3) is 2.90. The van der Waals surface area contributed by atoms with Gasteiger partial charge in [0.1, 0.15) is 0 Å². The molecule has 2 saturated heterocycles. The maximum atomic E-state index is 2.73. The molecule has 0 aromatic carbocycles. The third-order valence-corrected chi connectivity index (χ3v) is 5.93. The first-order chi connectivity index (χ1) is 9.36. The van der Waals surface area contributed by atoms with Gasteiger partial charge in [-0.05, 0) is 52.4 Å². The van der Waals surface area contributed by atoms with Crippen molar-refractivity contribution in [3.05, 3.63) is 0 Å². The molecule has 0 radical (unpaired) electrons. The molecule has 116 valence electrons. The van der Waals surface area contributed by atoms with Crippen molar-refractivity contribution in [1.82, 2.24) is 14.7 Å². The SMILES string of the molecule is CC(C)N1CCN(C[C@@H]2[C@H]3CN(C(C)(C)C)C[C@@H]23)CC1. The Hall–Kier alpha value is -0.120. The highest BCUT2D eigenvalue weighted by Gasteiger charge is 2.57. The minimum atomic E-state index is 0.376. The second-order valence-corrected chi connectivity index (χ2v) is 8.50. The van der Waals surface area contributed by atoms with Gasteiger partial charge in [-0.3, -0.25) is 9.80 Å². The highest BCUT2D eigenvalue weighted by Crippen LogP contribution is 2.53. The second-order valence-electron chi connectivity index (χ2n) is 8.50. The summed E-state index contributed by atoms with van der Waals surface area (Å²) >= 11 is 0. The Morgan fingerprint density at radius 2 is 1.50 bits per heavy atom. The summed E-state index contributed by atoms with van der Waals surface area (Å²) in [5, 5.41) is 0. The molecule has 0 aromatic rings. The van der Waals surface area contributed by atoms with Gasteiger partial charge in [-0.1, -0.05) is 0 Å². The van der Waals surface area contributed by atoms with Gasteiger partial charge in [-0.2, -0.15) is 0 Å². The molecule has 3 heteroatoms. The van der Waals surface area contributed by atoms with Gasteiger partial charge < -0.3 is 4.90 Å². The summed E-state index contributed by atoms with van der Waals surface area (Å²) in [5.74, 6) is 3.04. The molecule has 3 fully saturated rings. The smallest absolute Gasteiger partial charge is 0.0125 e. The van der Waals surface area contributed by atoms with Crippen molar-refractivity contribution in [2.45, 2.75) is 46.2 Å². The van der Waals surface area contributed by atoms with E-state index < -0.39 is 0 Å². The van der Waals surface area contributed by atoms with Crippen molar-refractivity contribution in [3.63, 3.8) is 0 Å². The number of fused-ring (bicyclic) bond motifs is 1. The van der Waals surface area contributed by atoms with E-state index >= 15 is 0 Å². The lowest BCUT2D eigenvalue weighted by Gasteiger charge is -2.38. The molecule has 2 aliphatic heterocycles. The van der Waals surface area contributed by atoms with E-state index in [1.807, 2.05) is 0 Å². The maximum absolute atomic E-state index is 2.73. The van der Waals surface area contributed by atoms with Crippen molar-refractivity contribution in [2.24, 2.45) is 17.8 Å². The summed E-state index contributed by atoms with van der Waals surface area (Å²) in [7, 11) is 0. The zero-order chi connectivity index (χ0) is 14.5. The van der Waals surface area contributed by atoms with Gasteiger partial charge in [-0.15, -0.1) is 0 Å². The molecule has 0 bridgehead atoms. The highest BCUT2D eigenvalue weighted by atomic mass is 15.3. The summed E-state index contributed by atoms with van der Waals surface area (Å²) in [6.07, 6.45) is 0. The van der Waals surface area contributed by atoms with Crippen LogP contribution >= 0.6 is 0 Å². The molecule has 0 unspecified atom stereocenters. The quantitative estimate of drug-likeness (QED) is 0.782. The van der Waals surface area contributed by atoms with Crippen LogP contribution < -0.4 is 0 Å². The Kier molecular flexibility index (Phi) is 3.89. The summed E-state index contributed by atoms with van der Waals surface area (Å²) in [5.41, 5.74) is 0.376. The third-order valence-electron chi connectivity index (χ3n) is 5.93. The largest absolute Gasteiger partial charge is 0.300 e. The molecule has 0 N–H and O–H groups in total. The fraction of sp³-hybridized carbons (Fsp3) is 1.00. The summed E-state index contributed by atoms with van der Waals surface area (Å²) < 4.78 is 0. The van der Waals surface area contributed by atoms with E-state index in [0.717, 1.165) is 23.8 Å². The van der Waals surface area contributed by atoms with Gasteiger partial charge in [0, 0.05) is 57.4 Å². The summed E-state index contributed by atoms with van der Waals surface area (Å²) in [6.45, 7) is 20.9. The van der Waals surface area contributed by atoms with E-state index in [2.05, 4.69) is 49.3 Å². The average Bonchev–Trinajstić information content (AvgIpc) is 2.83. The predicted molar refractivity (Wildman–Crippen MR) is 84.9 cm³/mol. The Morgan fingerprint density at radius 3 is 1.95 bits per heavy atom. The number of piperidine rings is 1. The molecule has 0 amide bonds. The maximum Gasteiger partial charge on any atom is 0.0125 e. The molecule has 20 heavy (non-hydrogen) atoms.